The normalized spacial score (nSPS) is 21.1. The van der Waals surface area contributed by atoms with Gasteiger partial charge in [-0.1, -0.05) is 12.1 Å². The highest BCUT2D eigenvalue weighted by Gasteiger charge is 2.42. The molecule has 2 N–H and O–H groups in total. The van der Waals surface area contributed by atoms with Gasteiger partial charge in [0.15, 0.2) is 11.6 Å². The molecule has 160 valence electrons. The van der Waals surface area contributed by atoms with E-state index in [-0.39, 0.29) is 12.4 Å². The van der Waals surface area contributed by atoms with E-state index < -0.39 is 23.4 Å². The van der Waals surface area contributed by atoms with Gasteiger partial charge in [-0.3, -0.25) is 10.2 Å². The molecule has 5 nitrogen and oxygen atoms in total. The van der Waals surface area contributed by atoms with E-state index in [9.17, 15) is 13.9 Å². The Labute approximate surface area is 178 Å². The van der Waals surface area contributed by atoms with Crippen molar-refractivity contribution in [1.29, 1.82) is 0 Å². The summed E-state index contributed by atoms with van der Waals surface area (Å²) in [5, 5.41) is 15.1. The molecule has 1 aromatic heterocycles. The Morgan fingerprint density at radius 1 is 1.23 bits per heavy atom. The second-order valence-electron chi connectivity index (χ2n) is 7.54. The van der Waals surface area contributed by atoms with Crippen LogP contribution in [0.15, 0.2) is 42.5 Å². The predicted molar refractivity (Wildman–Crippen MR) is 114 cm³/mol. The van der Waals surface area contributed by atoms with Crippen LogP contribution in [0.3, 0.4) is 0 Å². The van der Waals surface area contributed by atoms with Crippen molar-refractivity contribution < 1.29 is 18.6 Å². The number of likely N-dealkylation sites (tertiary alicyclic amines) is 1. The number of aliphatic hydroxyl groups excluding tert-OH is 1. The molecule has 1 saturated heterocycles. The monoisotopic (exact) mass is 433 g/mol. The van der Waals surface area contributed by atoms with Crippen molar-refractivity contribution in [3.63, 3.8) is 0 Å². The number of thiazole rings is 1. The molecule has 2 atom stereocenters. The van der Waals surface area contributed by atoms with Crippen LogP contribution >= 0.6 is 11.3 Å². The van der Waals surface area contributed by atoms with Gasteiger partial charge in [0.1, 0.15) is 29.1 Å². The lowest BCUT2D eigenvalue weighted by Crippen LogP contribution is -2.59. The summed E-state index contributed by atoms with van der Waals surface area (Å²) in [7, 11) is 1.93. The summed E-state index contributed by atoms with van der Waals surface area (Å²) >= 11 is 1.67. The average molecular weight is 434 g/mol. The Kier molecular flexibility index (Phi) is 6.29. The molecule has 4 rings (SSSR count). The fourth-order valence-corrected chi connectivity index (χ4v) is 5.25. The minimum Gasteiger partial charge on any atom is -0.491 e. The smallest absolute Gasteiger partial charge is 0.162 e. The van der Waals surface area contributed by atoms with E-state index in [1.54, 1.807) is 11.3 Å². The Bertz CT molecular complexity index is 982. The number of ether oxygens (including phenoxy) is 1. The number of nitrogens with zero attached hydrogens (tertiary/aromatic N) is 2. The zero-order valence-electron chi connectivity index (χ0n) is 16.8. The van der Waals surface area contributed by atoms with Crippen LogP contribution in [-0.4, -0.2) is 47.8 Å². The number of hydrogen-bond acceptors (Lipinski definition) is 6. The molecule has 2 unspecified atom stereocenters. The maximum atomic E-state index is 13.4. The van der Waals surface area contributed by atoms with Crippen molar-refractivity contribution in [2.45, 2.75) is 31.0 Å². The molecular weight excluding hydrogens is 408 g/mol. The average Bonchev–Trinajstić information content (AvgIpc) is 3.20. The number of nitrogens with one attached hydrogen (secondary N) is 1. The van der Waals surface area contributed by atoms with E-state index in [0.717, 1.165) is 53.2 Å². The molecule has 2 heterocycles. The van der Waals surface area contributed by atoms with Crippen LogP contribution in [0, 0.1) is 11.6 Å². The molecule has 3 aromatic rings. The molecule has 1 aliphatic heterocycles. The van der Waals surface area contributed by atoms with Crippen LogP contribution in [0.2, 0.25) is 0 Å². The van der Waals surface area contributed by atoms with Crippen LogP contribution in [0.5, 0.6) is 5.75 Å². The number of rotatable bonds is 7. The third kappa shape index (κ3) is 4.18. The molecule has 0 saturated carbocycles. The summed E-state index contributed by atoms with van der Waals surface area (Å²) in [5.74, 6) is -1.70. The largest absolute Gasteiger partial charge is 0.491 e. The first-order valence-corrected chi connectivity index (χ1v) is 10.9. The molecule has 0 radical (unpaired) electrons. The molecule has 0 spiro atoms. The minimum absolute atomic E-state index is 0.0127. The van der Waals surface area contributed by atoms with Crippen LogP contribution in [-0.2, 0) is 5.66 Å². The van der Waals surface area contributed by atoms with Gasteiger partial charge in [-0.25, -0.2) is 13.8 Å². The fraction of sp³-hybridized carbons (Fsp3) is 0.409. The highest BCUT2D eigenvalue weighted by molar-refractivity contribution is 7.18. The van der Waals surface area contributed by atoms with Gasteiger partial charge in [0.25, 0.3) is 0 Å². The maximum absolute atomic E-state index is 13.4. The van der Waals surface area contributed by atoms with Gasteiger partial charge < -0.3 is 9.84 Å². The molecule has 0 amide bonds. The number of aromatic nitrogens is 1. The summed E-state index contributed by atoms with van der Waals surface area (Å²) in [4.78, 5) is 7.09. The van der Waals surface area contributed by atoms with E-state index in [2.05, 4.69) is 16.3 Å². The van der Waals surface area contributed by atoms with E-state index >= 15 is 0 Å². The second kappa shape index (κ2) is 8.93. The third-order valence-corrected chi connectivity index (χ3v) is 6.77. The van der Waals surface area contributed by atoms with Crippen molar-refractivity contribution in [3.05, 3.63) is 59.1 Å². The van der Waals surface area contributed by atoms with Crippen LogP contribution in [0.25, 0.3) is 10.2 Å². The number of para-hydroxylation sites is 1. The summed E-state index contributed by atoms with van der Waals surface area (Å²) in [5.41, 5.74) is 0.519. The number of aliphatic hydroxyl groups is 1. The maximum Gasteiger partial charge on any atom is 0.162 e. The Hall–Kier alpha value is -2.13. The van der Waals surface area contributed by atoms with Gasteiger partial charge in [-0.15, -0.1) is 11.3 Å². The molecule has 8 heteroatoms. The lowest BCUT2D eigenvalue weighted by atomic mass is 9.95. The number of hydrogen-bond donors (Lipinski definition) is 2. The molecular formula is C22H25F2N3O2S. The van der Waals surface area contributed by atoms with Gasteiger partial charge in [0.05, 0.1) is 10.2 Å². The summed E-state index contributed by atoms with van der Waals surface area (Å²) in [6, 6.07) is 11.4. The van der Waals surface area contributed by atoms with Crippen LogP contribution in [0.4, 0.5) is 8.78 Å². The van der Waals surface area contributed by atoms with E-state index in [1.165, 1.54) is 6.07 Å². The summed E-state index contributed by atoms with van der Waals surface area (Å²) < 4.78 is 33.0. The van der Waals surface area contributed by atoms with Crippen LogP contribution in [0.1, 0.15) is 24.3 Å². The van der Waals surface area contributed by atoms with Gasteiger partial charge >= 0.3 is 0 Å². The Morgan fingerprint density at radius 3 is 2.83 bits per heavy atom. The van der Waals surface area contributed by atoms with Crippen molar-refractivity contribution in [1.82, 2.24) is 15.2 Å². The number of piperidine rings is 1. The first-order chi connectivity index (χ1) is 14.5. The molecule has 0 bridgehead atoms. The Balaban J connectivity index is 1.49. The molecule has 0 aliphatic carbocycles. The zero-order valence-corrected chi connectivity index (χ0v) is 17.6. The van der Waals surface area contributed by atoms with E-state index in [1.807, 2.05) is 25.2 Å². The number of fused-ring (bicyclic) bond motifs is 1. The number of β-amino-alcohol motifs (C(OH)–C–C–N with tert-alkyl or cyclic N) is 1. The topological polar surface area (TPSA) is 57.6 Å². The zero-order chi connectivity index (χ0) is 21.1. The quantitative estimate of drug-likeness (QED) is 0.592. The number of halogens is 2. The molecule has 2 aromatic carbocycles. The molecule has 1 aliphatic rings. The lowest BCUT2D eigenvalue weighted by Gasteiger charge is -2.46. The number of benzene rings is 2. The molecule has 1 fully saturated rings. The van der Waals surface area contributed by atoms with Crippen molar-refractivity contribution in [2.24, 2.45) is 0 Å². The Morgan fingerprint density at radius 2 is 2.07 bits per heavy atom. The van der Waals surface area contributed by atoms with Gasteiger partial charge in [0, 0.05) is 19.2 Å². The SMILES string of the molecule is CNC1(c2nc3ccccc3s2)CCCCN1CC(O)COc1ccc(F)c(F)c1. The van der Waals surface area contributed by atoms with Crippen LogP contribution < -0.4 is 10.1 Å². The van der Waals surface area contributed by atoms with Crippen molar-refractivity contribution in [3.8, 4) is 5.75 Å². The van der Waals surface area contributed by atoms with Gasteiger partial charge in [-0.2, -0.15) is 0 Å². The first-order valence-electron chi connectivity index (χ1n) is 10.1. The van der Waals surface area contributed by atoms with Gasteiger partial charge in [0.2, 0.25) is 0 Å². The van der Waals surface area contributed by atoms with Crippen molar-refractivity contribution >= 4 is 21.6 Å². The molecule has 30 heavy (non-hydrogen) atoms. The predicted octanol–water partition coefficient (Wildman–Crippen LogP) is 3.87. The fourth-order valence-electron chi connectivity index (χ4n) is 4.03. The summed E-state index contributed by atoms with van der Waals surface area (Å²) in [6.45, 7) is 1.18. The summed E-state index contributed by atoms with van der Waals surface area (Å²) in [6.07, 6.45) is 2.19. The van der Waals surface area contributed by atoms with Crippen molar-refractivity contribution in [2.75, 3.05) is 26.7 Å². The standard InChI is InChI=1S/C22H25F2N3O2S/c1-25-22(21-26-19-6-2-3-7-20(19)30-21)10-4-5-11-27(22)13-15(28)14-29-16-8-9-17(23)18(24)12-16/h2-3,6-9,12,15,25,28H,4-5,10-11,13-14H2,1H3. The van der Waals surface area contributed by atoms with E-state index in [4.69, 9.17) is 9.72 Å². The second-order valence-corrected chi connectivity index (χ2v) is 8.57. The van der Waals surface area contributed by atoms with E-state index in [0.29, 0.717) is 6.54 Å². The third-order valence-electron chi connectivity index (χ3n) is 5.58. The first kappa shape index (κ1) is 21.1. The lowest BCUT2D eigenvalue weighted by molar-refractivity contribution is -0.0253. The highest BCUT2D eigenvalue weighted by Crippen LogP contribution is 2.39. The van der Waals surface area contributed by atoms with Gasteiger partial charge in [-0.05, 0) is 50.6 Å². The minimum atomic E-state index is -0.969. The highest BCUT2D eigenvalue weighted by atomic mass is 32.1.